The second-order valence-corrected chi connectivity index (χ2v) is 6.06. The minimum atomic E-state index is 0.279. The minimum Gasteiger partial charge on any atom is -0.356 e. The fourth-order valence-electron chi connectivity index (χ4n) is 2.66. The van der Waals surface area contributed by atoms with E-state index in [4.69, 9.17) is 0 Å². The Balaban J connectivity index is 1.68. The van der Waals surface area contributed by atoms with Crippen molar-refractivity contribution in [2.45, 2.75) is 44.9 Å². The number of hydrogen-bond donors (Lipinski definition) is 1. The Bertz CT molecular complexity index is 240. The maximum atomic E-state index is 11.6. The molecule has 0 heterocycles. The minimum absolute atomic E-state index is 0.279. The number of carbonyl (C=O) groups excluding carboxylic acids is 1. The lowest BCUT2D eigenvalue weighted by molar-refractivity contribution is -0.121. The molecule has 2 saturated carbocycles. The van der Waals surface area contributed by atoms with Crippen molar-refractivity contribution >= 4 is 21.8 Å². The van der Waals surface area contributed by atoms with Crippen molar-refractivity contribution in [1.29, 1.82) is 0 Å². The quantitative estimate of drug-likeness (QED) is 0.774. The van der Waals surface area contributed by atoms with Crippen molar-refractivity contribution in [3.05, 3.63) is 0 Å². The Kier molecular flexibility index (Phi) is 4.68. The number of amides is 1. The van der Waals surface area contributed by atoms with E-state index in [1.165, 1.54) is 38.5 Å². The third kappa shape index (κ3) is 3.76. The van der Waals surface area contributed by atoms with Gasteiger partial charge in [-0.1, -0.05) is 28.8 Å². The molecule has 0 aliphatic heterocycles. The van der Waals surface area contributed by atoms with Gasteiger partial charge in [-0.3, -0.25) is 4.79 Å². The second-order valence-electron chi connectivity index (χ2n) is 5.41. The number of alkyl halides is 1. The molecule has 0 saturated heterocycles. The fourth-order valence-corrected chi connectivity index (χ4v) is 3.51. The first-order valence-electron chi connectivity index (χ1n) is 6.62. The summed E-state index contributed by atoms with van der Waals surface area (Å²) in [7, 11) is 0. The van der Waals surface area contributed by atoms with E-state index in [0.717, 1.165) is 24.2 Å². The van der Waals surface area contributed by atoms with Crippen LogP contribution < -0.4 is 5.32 Å². The Labute approximate surface area is 107 Å². The molecule has 1 N–H and O–H groups in total. The lowest BCUT2D eigenvalue weighted by Crippen LogP contribution is -2.34. The third-order valence-corrected chi connectivity index (χ3v) is 4.83. The Morgan fingerprint density at radius 2 is 1.81 bits per heavy atom. The average molecular weight is 288 g/mol. The molecule has 16 heavy (non-hydrogen) atoms. The van der Waals surface area contributed by atoms with Gasteiger partial charge in [0.2, 0.25) is 5.91 Å². The molecule has 0 aromatic carbocycles. The van der Waals surface area contributed by atoms with Crippen molar-refractivity contribution in [1.82, 2.24) is 5.32 Å². The van der Waals surface area contributed by atoms with E-state index >= 15 is 0 Å². The molecule has 2 aliphatic carbocycles. The van der Waals surface area contributed by atoms with E-state index in [0.29, 0.717) is 11.8 Å². The molecule has 92 valence electrons. The lowest BCUT2D eigenvalue weighted by atomic mass is 9.80. The summed E-state index contributed by atoms with van der Waals surface area (Å²) >= 11 is 3.60. The smallest absolute Gasteiger partial charge is 0.220 e. The van der Waals surface area contributed by atoms with E-state index in [2.05, 4.69) is 21.2 Å². The van der Waals surface area contributed by atoms with E-state index in [-0.39, 0.29) is 5.91 Å². The number of nitrogens with one attached hydrogen (secondary N) is 1. The molecular weight excluding hydrogens is 266 g/mol. The Morgan fingerprint density at radius 3 is 2.44 bits per heavy atom. The van der Waals surface area contributed by atoms with Crippen molar-refractivity contribution in [2.24, 2.45) is 17.8 Å². The number of hydrogen-bond acceptors (Lipinski definition) is 1. The molecule has 0 spiro atoms. The molecule has 3 heteroatoms. The highest BCUT2D eigenvalue weighted by atomic mass is 79.9. The Morgan fingerprint density at radius 1 is 1.12 bits per heavy atom. The van der Waals surface area contributed by atoms with Crippen LogP contribution in [-0.2, 0) is 4.79 Å². The zero-order valence-corrected chi connectivity index (χ0v) is 11.5. The molecule has 2 nitrogen and oxygen atoms in total. The molecule has 2 fully saturated rings. The van der Waals surface area contributed by atoms with Crippen LogP contribution in [0.25, 0.3) is 0 Å². The topological polar surface area (TPSA) is 29.1 Å². The molecule has 0 aromatic rings. The van der Waals surface area contributed by atoms with Crippen LogP contribution in [0.4, 0.5) is 0 Å². The van der Waals surface area contributed by atoms with Crippen molar-refractivity contribution in [2.75, 3.05) is 11.9 Å². The number of halogens is 1. The summed E-state index contributed by atoms with van der Waals surface area (Å²) in [6, 6.07) is 0. The zero-order valence-electron chi connectivity index (χ0n) is 9.88. The Hall–Kier alpha value is -0.0500. The average Bonchev–Trinajstić information content (AvgIpc) is 3.10. The first-order chi connectivity index (χ1) is 7.79. The summed E-state index contributed by atoms with van der Waals surface area (Å²) in [5.41, 5.74) is 0. The van der Waals surface area contributed by atoms with E-state index < -0.39 is 0 Å². The van der Waals surface area contributed by atoms with Crippen molar-refractivity contribution in [3.8, 4) is 0 Å². The van der Waals surface area contributed by atoms with Crippen LogP contribution in [0.15, 0.2) is 0 Å². The molecular formula is C13H22BrNO. The summed E-state index contributed by atoms with van der Waals surface area (Å²) in [5.74, 6) is 2.46. The van der Waals surface area contributed by atoms with Gasteiger partial charge in [-0.05, 0) is 43.4 Å². The van der Waals surface area contributed by atoms with Crippen LogP contribution in [0.5, 0.6) is 0 Å². The molecule has 2 aliphatic rings. The molecule has 2 atom stereocenters. The summed E-state index contributed by atoms with van der Waals surface area (Å²) in [4.78, 5) is 11.6. The van der Waals surface area contributed by atoms with Gasteiger partial charge in [-0.15, -0.1) is 0 Å². The van der Waals surface area contributed by atoms with Crippen molar-refractivity contribution in [3.63, 3.8) is 0 Å². The SMILES string of the molecule is O=C(CC1CC1)NCC1CCCCC1CBr. The molecule has 0 aromatic heterocycles. The van der Waals surface area contributed by atoms with Gasteiger partial charge in [0.15, 0.2) is 0 Å². The number of rotatable bonds is 5. The molecule has 1 amide bonds. The fraction of sp³-hybridized carbons (Fsp3) is 0.923. The largest absolute Gasteiger partial charge is 0.356 e. The summed E-state index contributed by atoms with van der Waals surface area (Å²) in [5, 5.41) is 4.22. The normalized spacial score (nSPS) is 30.1. The first kappa shape index (κ1) is 12.4. The van der Waals surface area contributed by atoms with Gasteiger partial charge in [-0.25, -0.2) is 0 Å². The standard InChI is InChI=1S/C13H22BrNO/c14-8-11-3-1-2-4-12(11)9-15-13(16)7-10-5-6-10/h10-12H,1-9H2,(H,15,16). The maximum Gasteiger partial charge on any atom is 0.220 e. The highest BCUT2D eigenvalue weighted by molar-refractivity contribution is 9.09. The highest BCUT2D eigenvalue weighted by Crippen LogP contribution is 2.33. The van der Waals surface area contributed by atoms with Crippen LogP contribution in [0.2, 0.25) is 0 Å². The van der Waals surface area contributed by atoms with Gasteiger partial charge in [0.1, 0.15) is 0 Å². The van der Waals surface area contributed by atoms with Crippen LogP contribution in [0.3, 0.4) is 0 Å². The van der Waals surface area contributed by atoms with Gasteiger partial charge in [0, 0.05) is 18.3 Å². The molecule has 0 bridgehead atoms. The predicted octanol–water partition coefficient (Wildman–Crippen LogP) is 3.10. The summed E-state index contributed by atoms with van der Waals surface area (Å²) < 4.78 is 0. The van der Waals surface area contributed by atoms with E-state index in [9.17, 15) is 4.79 Å². The van der Waals surface area contributed by atoms with Crippen LogP contribution >= 0.6 is 15.9 Å². The van der Waals surface area contributed by atoms with Crippen molar-refractivity contribution < 1.29 is 4.79 Å². The lowest BCUT2D eigenvalue weighted by Gasteiger charge is -2.30. The highest BCUT2D eigenvalue weighted by Gasteiger charge is 2.27. The van der Waals surface area contributed by atoms with Gasteiger partial charge in [-0.2, -0.15) is 0 Å². The predicted molar refractivity (Wildman–Crippen MR) is 69.6 cm³/mol. The van der Waals surface area contributed by atoms with Gasteiger partial charge < -0.3 is 5.32 Å². The van der Waals surface area contributed by atoms with Gasteiger partial charge in [0.05, 0.1) is 0 Å². The van der Waals surface area contributed by atoms with Crippen LogP contribution in [-0.4, -0.2) is 17.8 Å². The zero-order chi connectivity index (χ0) is 11.4. The van der Waals surface area contributed by atoms with Crippen LogP contribution in [0.1, 0.15) is 44.9 Å². The summed E-state index contributed by atoms with van der Waals surface area (Å²) in [6.45, 7) is 0.905. The van der Waals surface area contributed by atoms with E-state index in [1.807, 2.05) is 0 Å². The molecule has 2 unspecified atom stereocenters. The van der Waals surface area contributed by atoms with E-state index in [1.54, 1.807) is 0 Å². The maximum absolute atomic E-state index is 11.6. The number of carbonyl (C=O) groups is 1. The van der Waals surface area contributed by atoms with Crippen LogP contribution in [0, 0.1) is 17.8 Å². The molecule has 0 radical (unpaired) electrons. The third-order valence-electron chi connectivity index (χ3n) is 4.00. The first-order valence-corrected chi connectivity index (χ1v) is 7.74. The molecule has 2 rings (SSSR count). The summed E-state index contributed by atoms with van der Waals surface area (Å²) in [6.07, 6.45) is 8.62. The van der Waals surface area contributed by atoms with Gasteiger partial charge in [0.25, 0.3) is 0 Å². The second kappa shape index (κ2) is 6.04. The monoisotopic (exact) mass is 287 g/mol. The van der Waals surface area contributed by atoms with Gasteiger partial charge >= 0.3 is 0 Å².